The predicted octanol–water partition coefficient (Wildman–Crippen LogP) is 5.52. The average Bonchev–Trinajstić information content (AvgIpc) is 2.72. The van der Waals surface area contributed by atoms with E-state index in [2.05, 4.69) is 41.5 Å². The smallest absolute Gasteiger partial charge is 0.0414 e. The fourth-order valence-corrected chi connectivity index (χ4v) is 0.508. The second kappa shape index (κ2) is 17.9. The summed E-state index contributed by atoms with van der Waals surface area (Å²) >= 11 is 0. The van der Waals surface area contributed by atoms with E-state index < -0.39 is 0 Å². The van der Waals surface area contributed by atoms with E-state index in [0.717, 1.165) is 11.8 Å². The minimum Gasteiger partial charge on any atom is -0.0683 e. The van der Waals surface area contributed by atoms with Crippen LogP contribution in [0.4, 0.5) is 0 Å². The Balaban J connectivity index is -0.000000112. The fraction of sp³-hybridized carbons (Fsp3) is 1.00. The summed E-state index contributed by atoms with van der Waals surface area (Å²) in [6, 6.07) is 0. The fourth-order valence-electron chi connectivity index (χ4n) is 0.508. The predicted molar refractivity (Wildman–Crippen MR) is 66.2 cm³/mol. The molecule has 1 saturated carbocycles. The summed E-state index contributed by atoms with van der Waals surface area (Å²) in [6.45, 7) is 17.1. The van der Waals surface area contributed by atoms with Crippen molar-refractivity contribution in [3.8, 4) is 0 Å². The van der Waals surface area contributed by atoms with Crippen LogP contribution < -0.4 is 0 Å². The van der Waals surface area contributed by atoms with Gasteiger partial charge in [0.25, 0.3) is 0 Å². The first kappa shape index (κ1) is 18.7. The molecule has 2 unspecified atom stereocenters. The van der Waals surface area contributed by atoms with Gasteiger partial charge in [0.05, 0.1) is 0 Å². The summed E-state index contributed by atoms with van der Waals surface area (Å²) in [6.07, 6.45) is 3.97. The summed E-state index contributed by atoms with van der Waals surface area (Å²) in [4.78, 5) is 0. The van der Waals surface area contributed by atoms with Gasteiger partial charge in [-0.15, -0.1) is 0 Å². The lowest BCUT2D eigenvalue weighted by Crippen LogP contribution is -1.58. The van der Waals surface area contributed by atoms with Crippen LogP contribution in [0.5, 0.6) is 0 Å². The second-order valence-electron chi connectivity index (χ2n) is 3.60. The standard InChI is InChI=1S/C5H10.2C3H8.C2H6/c1-4-3-5(4)2;2*1-3-2;1-2/h4-5H,3H2,1-2H3;2*3H2,1-2H3;1-2H3. The molecule has 13 heavy (non-hydrogen) atoms. The molecule has 84 valence electrons. The van der Waals surface area contributed by atoms with E-state index in [1.54, 1.807) is 0 Å². The summed E-state index contributed by atoms with van der Waals surface area (Å²) in [5.74, 6) is 2.10. The van der Waals surface area contributed by atoms with Gasteiger partial charge in [-0.2, -0.15) is 0 Å². The van der Waals surface area contributed by atoms with Crippen LogP contribution in [-0.2, 0) is 0 Å². The van der Waals surface area contributed by atoms with Crippen LogP contribution in [0.3, 0.4) is 0 Å². The Hall–Kier alpha value is 0. The van der Waals surface area contributed by atoms with Crippen LogP contribution in [-0.4, -0.2) is 0 Å². The van der Waals surface area contributed by atoms with Gasteiger partial charge in [-0.3, -0.25) is 0 Å². The lowest BCUT2D eigenvalue weighted by molar-refractivity contribution is 0.834. The first-order valence-electron chi connectivity index (χ1n) is 6.13. The van der Waals surface area contributed by atoms with Crippen molar-refractivity contribution >= 4 is 0 Å². The normalized spacial score (nSPS) is 22.2. The van der Waals surface area contributed by atoms with E-state index in [-0.39, 0.29) is 0 Å². The van der Waals surface area contributed by atoms with Gasteiger partial charge >= 0.3 is 0 Å². The first-order valence-corrected chi connectivity index (χ1v) is 6.13. The van der Waals surface area contributed by atoms with Crippen molar-refractivity contribution in [3.63, 3.8) is 0 Å². The monoisotopic (exact) mass is 188 g/mol. The van der Waals surface area contributed by atoms with Gasteiger partial charge in [-0.1, -0.05) is 68.2 Å². The first-order chi connectivity index (χ1) is 6.13. The molecule has 0 amide bonds. The molecule has 1 aliphatic carbocycles. The van der Waals surface area contributed by atoms with Crippen LogP contribution in [0, 0.1) is 11.8 Å². The maximum absolute atomic E-state index is 2.30. The maximum Gasteiger partial charge on any atom is -0.0414 e. The second-order valence-corrected chi connectivity index (χ2v) is 3.60. The lowest BCUT2D eigenvalue weighted by atomic mass is 10.4. The molecule has 0 bridgehead atoms. The van der Waals surface area contributed by atoms with E-state index in [1.807, 2.05) is 13.8 Å². The molecule has 1 rings (SSSR count). The zero-order chi connectivity index (χ0) is 11.3. The number of hydrogen-bond donors (Lipinski definition) is 0. The maximum atomic E-state index is 2.30. The molecule has 0 saturated heterocycles. The van der Waals surface area contributed by atoms with Gasteiger partial charge in [-0.05, 0) is 18.3 Å². The molecule has 0 aromatic carbocycles. The minimum atomic E-state index is 1.05. The van der Waals surface area contributed by atoms with Gasteiger partial charge < -0.3 is 0 Å². The summed E-state index contributed by atoms with van der Waals surface area (Å²) < 4.78 is 0. The number of hydrogen-bond acceptors (Lipinski definition) is 0. The van der Waals surface area contributed by atoms with Gasteiger partial charge in [0.15, 0.2) is 0 Å². The number of rotatable bonds is 0. The summed E-state index contributed by atoms with van der Waals surface area (Å²) in [5, 5.41) is 0. The molecular weight excluding hydrogens is 156 g/mol. The van der Waals surface area contributed by atoms with Crippen LogP contribution in [0.15, 0.2) is 0 Å². The van der Waals surface area contributed by atoms with Crippen LogP contribution >= 0.6 is 0 Å². The Morgan fingerprint density at radius 3 is 0.846 bits per heavy atom. The molecule has 0 aliphatic heterocycles. The van der Waals surface area contributed by atoms with Gasteiger partial charge in [0, 0.05) is 0 Å². The molecule has 0 N–H and O–H groups in total. The largest absolute Gasteiger partial charge is 0.0683 e. The molecule has 0 spiro atoms. The molecule has 0 nitrogen and oxygen atoms in total. The van der Waals surface area contributed by atoms with Gasteiger partial charge in [0.2, 0.25) is 0 Å². The van der Waals surface area contributed by atoms with Crippen molar-refractivity contribution in [3.05, 3.63) is 0 Å². The molecule has 0 heterocycles. The van der Waals surface area contributed by atoms with Crippen molar-refractivity contribution < 1.29 is 0 Å². The summed E-state index contributed by atoms with van der Waals surface area (Å²) in [7, 11) is 0. The van der Waals surface area contributed by atoms with Crippen LogP contribution in [0.25, 0.3) is 0 Å². The van der Waals surface area contributed by atoms with E-state index >= 15 is 0 Å². The zero-order valence-electron chi connectivity index (χ0n) is 11.3. The van der Waals surface area contributed by atoms with Crippen molar-refractivity contribution in [1.29, 1.82) is 0 Å². The minimum absolute atomic E-state index is 1.05. The van der Waals surface area contributed by atoms with Crippen molar-refractivity contribution in [1.82, 2.24) is 0 Å². The molecule has 0 heteroatoms. The van der Waals surface area contributed by atoms with E-state index in [0.29, 0.717) is 0 Å². The lowest BCUT2D eigenvalue weighted by Gasteiger charge is -1.66. The Morgan fingerprint density at radius 1 is 0.769 bits per heavy atom. The topological polar surface area (TPSA) is 0 Å². The molecule has 0 aromatic rings. The van der Waals surface area contributed by atoms with Crippen LogP contribution in [0.1, 0.15) is 74.7 Å². The third-order valence-corrected chi connectivity index (χ3v) is 1.51. The molecular formula is C13H32. The third-order valence-electron chi connectivity index (χ3n) is 1.51. The van der Waals surface area contributed by atoms with Crippen molar-refractivity contribution in [2.45, 2.75) is 74.7 Å². The molecule has 1 aliphatic rings. The third kappa shape index (κ3) is 33.3. The molecule has 1 fully saturated rings. The van der Waals surface area contributed by atoms with Crippen molar-refractivity contribution in [2.75, 3.05) is 0 Å². The van der Waals surface area contributed by atoms with Crippen LogP contribution in [0.2, 0.25) is 0 Å². The zero-order valence-corrected chi connectivity index (χ0v) is 11.3. The highest BCUT2D eigenvalue weighted by Crippen LogP contribution is 2.36. The Labute approximate surface area is 87.1 Å². The summed E-state index contributed by atoms with van der Waals surface area (Å²) in [5.41, 5.74) is 0. The Kier molecular flexibility index (Phi) is 25.8. The highest BCUT2D eigenvalue weighted by molar-refractivity contribution is 4.76. The SMILES string of the molecule is CC.CC1CC1C.CCC.CCC. The van der Waals surface area contributed by atoms with E-state index in [1.165, 1.54) is 19.3 Å². The Morgan fingerprint density at radius 2 is 0.846 bits per heavy atom. The van der Waals surface area contributed by atoms with Gasteiger partial charge in [0.1, 0.15) is 0 Å². The quantitative estimate of drug-likeness (QED) is 0.469. The highest BCUT2D eigenvalue weighted by Gasteiger charge is 2.26. The van der Waals surface area contributed by atoms with E-state index in [4.69, 9.17) is 0 Å². The molecule has 2 atom stereocenters. The van der Waals surface area contributed by atoms with Crippen molar-refractivity contribution in [2.24, 2.45) is 11.8 Å². The highest BCUT2D eigenvalue weighted by atomic mass is 14.3. The molecule has 0 radical (unpaired) electrons. The van der Waals surface area contributed by atoms with Gasteiger partial charge in [-0.25, -0.2) is 0 Å². The van der Waals surface area contributed by atoms with E-state index in [9.17, 15) is 0 Å². The molecule has 0 aromatic heterocycles. The average molecular weight is 188 g/mol. The Bertz CT molecular complexity index is 49.1.